The van der Waals surface area contributed by atoms with Crippen LogP contribution >= 0.6 is 0 Å². The lowest BCUT2D eigenvalue weighted by molar-refractivity contribution is -0.143. The number of carbonyl (C=O) groups is 1. The number of nitrogens with zero attached hydrogens (tertiary/aromatic N) is 2. The van der Waals surface area contributed by atoms with Gasteiger partial charge in [-0.2, -0.15) is 0 Å². The van der Waals surface area contributed by atoms with Gasteiger partial charge in [0.1, 0.15) is 5.75 Å². The van der Waals surface area contributed by atoms with E-state index in [1.165, 1.54) is 11.1 Å². The first-order valence-corrected chi connectivity index (χ1v) is 8.20. The fourth-order valence-electron chi connectivity index (χ4n) is 3.35. The second-order valence-corrected chi connectivity index (χ2v) is 6.10. The van der Waals surface area contributed by atoms with Gasteiger partial charge in [0.15, 0.2) is 0 Å². The number of carboxylic acids is 1. The number of ether oxygens (including phenoxy) is 1. The van der Waals surface area contributed by atoms with Crippen molar-refractivity contribution in [3.63, 3.8) is 0 Å². The normalized spacial score (nSPS) is 17.4. The predicted molar refractivity (Wildman–Crippen MR) is 91.0 cm³/mol. The standard InChI is InChI=1S/C19H22N2O3/c1-24-17-4-2-14(3-5-17)18(15-6-10-20-11-7-15)21-12-8-16(9-13-21)19(22)23/h2-7,10-11,16,18H,8-9,12-13H2,1H3,(H,22,23). The topological polar surface area (TPSA) is 62.7 Å². The molecule has 2 aromatic rings. The summed E-state index contributed by atoms with van der Waals surface area (Å²) in [6.45, 7) is 1.55. The van der Waals surface area contributed by atoms with Crippen molar-refractivity contribution in [2.45, 2.75) is 18.9 Å². The Morgan fingerprint density at radius 2 is 1.71 bits per heavy atom. The molecule has 0 amide bonds. The van der Waals surface area contributed by atoms with Crippen LogP contribution in [0.1, 0.15) is 30.0 Å². The molecule has 5 heteroatoms. The molecule has 24 heavy (non-hydrogen) atoms. The molecular weight excluding hydrogens is 304 g/mol. The molecule has 0 aliphatic carbocycles. The first-order valence-electron chi connectivity index (χ1n) is 8.20. The van der Waals surface area contributed by atoms with Crippen molar-refractivity contribution in [3.05, 3.63) is 59.9 Å². The molecular formula is C19H22N2O3. The van der Waals surface area contributed by atoms with E-state index in [0.717, 1.165) is 18.8 Å². The Hall–Kier alpha value is -2.40. The number of hydrogen-bond acceptors (Lipinski definition) is 4. The Labute approximate surface area is 141 Å². The fraction of sp³-hybridized carbons (Fsp3) is 0.368. The quantitative estimate of drug-likeness (QED) is 0.915. The number of carboxylic acid groups (broad SMARTS) is 1. The van der Waals surface area contributed by atoms with Gasteiger partial charge in [-0.05, 0) is 61.3 Å². The van der Waals surface area contributed by atoms with E-state index >= 15 is 0 Å². The zero-order valence-electron chi connectivity index (χ0n) is 13.8. The molecule has 1 fully saturated rings. The lowest BCUT2D eigenvalue weighted by atomic mass is 9.91. The smallest absolute Gasteiger partial charge is 0.306 e. The Bertz CT molecular complexity index is 665. The number of aliphatic carboxylic acids is 1. The van der Waals surface area contributed by atoms with Crippen molar-refractivity contribution in [2.24, 2.45) is 5.92 Å². The van der Waals surface area contributed by atoms with Crippen molar-refractivity contribution in [2.75, 3.05) is 20.2 Å². The Kier molecular flexibility index (Phi) is 5.11. The van der Waals surface area contributed by atoms with Crippen LogP contribution in [0, 0.1) is 5.92 Å². The van der Waals surface area contributed by atoms with Crippen molar-refractivity contribution < 1.29 is 14.6 Å². The van der Waals surface area contributed by atoms with Crippen LogP contribution in [0.5, 0.6) is 5.75 Å². The van der Waals surface area contributed by atoms with Gasteiger partial charge in [0.25, 0.3) is 0 Å². The van der Waals surface area contributed by atoms with Gasteiger partial charge < -0.3 is 9.84 Å². The van der Waals surface area contributed by atoms with Gasteiger partial charge >= 0.3 is 5.97 Å². The summed E-state index contributed by atoms with van der Waals surface area (Å²) in [7, 11) is 1.66. The highest BCUT2D eigenvalue weighted by Crippen LogP contribution is 2.33. The summed E-state index contributed by atoms with van der Waals surface area (Å²) >= 11 is 0. The maximum atomic E-state index is 11.2. The first-order chi connectivity index (χ1) is 11.7. The SMILES string of the molecule is COc1ccc(C(c2ccncc2)N2CCC(C(=O)O)CC2)cc1. The molecule has 2 heterocycles. The van der Waals surface area contributed by atoms with Gasteiger partial charge in [-0.25, -0.2) is 0 Å². The van der Waals surface area contributed by atoms with Gasteiger partial charge in [0.2, 0.25) is 0 Å². The molecule has 5 nitrogen and oxygen atoms in total. The largest absolute Gasteiger partial charge is 0.497 e. The monoisotopic (exact) mass is 326 g/mol. The molecule has 0 radical (unpaired) electrons. The molecule has 1 N–H and O–H groups in total. The van der Waals surface area contributed by atoms with Crippen LogP contribution in [0.3, 0.4) is 0 Å². The minimum absolute atomic E-state index is 0.105. The second kappa shape index (κ2) is 7.45. The number of methoxy groups -OCH3 is 1. The summed E-state index contributed by atoms with van der Waals surface area (Å²) < 4.78 is 5.25. The maximum Gasteiger partial charge on any atom is 0.306 e. The number of benzene rings is 1. The van der Waals surface area contributed by atoms with E-state index in [9.17, 15) is 9.90 Å². The predicted octanol–water partition coefficient (Wildman–Crippen LogP) is 2.98. The third-order valence-electron chi connectivity index (χ3n) is 4.70. The summed E-state index contributed by atoms with van der Waals surface area (Å²) in [6, 6.07) is 12.2. The number of rotatable bonds is 5. The van der Waals surface area contributed by atoms with Gasteiger partial charge in [0.05, 0.1) is 19.1 Å². The third kappa shape index (κ3) is 3.57. The summed E-state index contributed by atoms with van der Waals surface area (Å²) in [6.07, 6.45) is 4.98. The number of aromatic nitrogens is 1. The summed E-state index contributed by atoms with van der Waals surface area (Å²) in [4.78, 5) is 17.7. The molecule has 1 saturated heterocycles. The van der Waals surface area contributed by atoms with E-state index in [-0.39, 0.29) is 12.0 Å². The molecule has 0 bridgehead atoms. The van der Waals surface area contributed by atoms with Gasteiger partial charge in [-0.3, -0.25) is 14.7 Å². The van der Waals surface area contributed by atoms with Crippen molar-refractivity contribution >= 4 is 5.97 Å². The average molecular weight is 326 g/mol. The summed E-state index contributed by atoms with van der Waals surface area (Å²) in [5.74, 6) is -0.0772. The molecule has 126 valence electrons. The molecule has 1 aromatic carbocycles. The first kappa shape index (κ1) is 16.5. The molecule has 1 unspecified atom stereocenters. The van der Waals surface area contributed by atoms with Crippen LogP contribution < -0.4 is 4.74 Å². The Morgan fingerprint density at radius 1 is 1.12 bits per heavy atom. The highest BCUT2D eigenvalue weighted by Gasteiger charge is 2.30. The number of piperidine rings is 1. The number of likely N-dealkylation sites (tertiary alicyclic amines) is 1. The van der Waals surface area contributed by atoms with E-state index in [2.05, 4.69) is 22.0 Å². The van der Waals surface area contributed by atoms with Crippen LogP contribution in [-0.2, 0) is 4.79 Å². The van der Waals surface area contributed by atoms with Crippen LogP contribution in [0.4, 0.5) is 0 Å². The molecule has 1 aliphatic heterocycles. The molecule has 1 aliphatic rings. The summed E-state index contributed by atoms with van der Waals surface area (Å²) in [5, 5.41) is 9.21. The molecule has 1 atom stereocenters. The zero-order valence-corrected chi connectivity index (χ0v) is 13.8. The van der Waals surface area contributed by atoms with Gasteiger partial charge in [-0.1, -0.05) is 12.1 Å². The third-order valence-corrected chi connectivity index (χ3v) is 4.70. The average Bonchev–Trinajstić information content (AvgIpc) is 2.64. The van der Waals surface area contributed by atoms with Crippen LogP contribution in [0.2, 0.25) is 0 Å². The van der Waals surface area contributed by atoms with Gasteiger partial charge in [-0.15, -0.1) is 0 Å². The van der Waals surface area contributed by atoms with Crippen molar-refractivity contribution in [3.8, 4) is 5.75 Å². The van der Waals surface area contributed by atoms with Crippen LogP contribution in [0.15, 0.2) is 48.8 Å². The highest BCUT2D eigenvalue weighted by molar-refractivity contribution is 5.70. The summed E-state index contributed by atoms with van der Waals surface area (Å²) in [5.41, 5.74) is 2.35. The van der Waals surface area contributed by atoms with E-state index in [1.807, 2.05) is 24.3 Å². The molecule has 1 aromatic heterocycles. The van der Waals surface area contributed by atoms with E-state index < -0.39 is 5.97 Å². The zero-order chi connectivity index (χ0) is 16.9. The van der Waals surface area contributed by atoms with Crippen molar-refractivity contribution in [1.82, 2.24) is 9.88 Å². The highest BCUT2D eigenvalue weighted by atomic mass is 16.5. The minimum Gasteiger partial charge on any atom is -0.497 e. The van der Waals surface area contributed by atoms with Crippen LogP contribution in [0.25, 0.3) is 0 Å². The lowest BCUT2D eigenvalue weighted by Gasteiger charge is -2.37. The lowest BCUT2D eigenvalue weighted by Crippen LogP contribution is -2.39. The van der Waals surface area contributed by atoms with E-state index in [0.29, 0.717) is 12.8 Å². The maximum absolute atomic E-state index is 11.2. The fourth-order valence-corrected chi connectivity index (χ4v) is 3.35. The number of pyridine rings is 1. The Balaban J connectivity index is 1.87. The van der Waals surface area contributed by atoms with Crippen LogP contribution in [-0.4, -0.2) is 41.2 Å². The minimum atomic E-state index is -0.681. The van der Waals surface area contributed by atoms with Crippen molar-refractivity contribution in [1.29, 1.82) is 0 Å². The van der Waals surface area contributed by atoms with Gasteiger partial charge in [0, 0.05) is 12.4 Å². The van der Waals surface area contributed by atoms with E-state index in [1.54, 1.807) is 19.5 Å². The second-order valence-electron chi connectivity index (χ2n) is 6.10. The molecule has 0 spiro atoms. The molecule has 0 saturated carbocycles. The van der Waals surface area contributed by atoms with E-state index in [4.69, 9.17) is 4.74 Å². The molecule has 3 rings (SSSR count). The number of hydrogen-bond donors (Lipinski definition) is 1. The Morgan fingerprint density at radius 3 is 2.25 bits per heavy atom.